The lowest BCUT2D eigenvalue weighted by molar-refractivity contribution is -0.150. The first kappa shape index (κ1) is 12.7. The van der Waals surface area contributed by atoms with Gasteiger partial charge in [0, 0.05) is 11.7 Å². The predicted molar refractivity (Wildman–Crippen MR) is 66.7 cm³/mol. The Hall–Kier alpha value is -0.710. The number of carboxylic acids is 1. The molecule has 0 bridgehead atoms. The summed E-state index contributed by atoms with van der Waals surface area (Å²) in [5.41, 5.74) is 0. The van der Waals surface area contributed by atoms with Gasteiger partial charge in [-0.3, -0.25) is 4.79 Å². The van der Waals surface area contributed by atoms with Crippen LogP contribution in [-0.2, 0) is 9.59 Å². The molecule has 1 amide bonds. The summed E-state index contributed by atoms with van der Waals surface area (Å²) in [6, 6.07) is -0.605. The summed E-state index contributed by atoms with van der Waals surface area (Å²) >= 11 is 1.54. The van der Waals surface area contributed by atoms with E-state index in [9.17, 15) is 9.59 Å². The van der Waals surface area contributed by atoms with Crippen molar-refractivity contribution >= 4 is 23.6 Å². The van der Waals surface area contributed by atoms with E-state index in [0.717, 1.165) is 25.7 Å². The van der Waals surface area contributed by atoms with Crippen LogP contribution in [0.2, 0.25) is 0 Å². The Bertz CT molecular complexity index is 313. The van der Waals surface area contributed by atoms with Crippen LogP contribution in [0.3, 0.4) is 0 Å². The van der Waals surface area contributed by atoms with Gasteiger partial charge in [-0.2, -0.15) is 0 Å². The fraction of sp³-hybridized carbons (Fsp3) is 0.833. The molecular weight excluding hydrogens is 238 g/mol. The minimum absolute atomic E-state index is 0.0618. The lowest BCUT2D eigenvalue weighted by atomic mass is 9.82. The molecule has 2 aliphatic rings. The van der Waals surface area contributed by atoms with E-state index >= 15 is 0 Å². The summed E-state index contributed by atoms with van der Waals surface area (Å²) in [6.07, 6.45) is 4.03. The molecule has 0 aromatic carbocycles. The molecule has 96 valence electrons. The molecular formula is C12H19NO3S. The van der Waals surface area contributed by atoms with E-state index in [1.807, 2.05) is 0 Å². The minimum Gasteiger partial charge on any atom is -0.480 e. The molecule has 1 saturated heterocycles. The third-order valence-corrected chi connectivity index (χ3v) is 4.83. The highest BCUT2D eigenvalue weighted by molar-refractivity contribution is 7.99. The van der Waals surface area contributed by atoms with Gasteiger partial charge < -0.3 is 10.0 Å². The molecule has 0 aromatic heterocycles. The van der Waals surface area contributed by atoms with Crippen LogP contribution >= 0.6 is 11.8 Å². The van der Waals surface area contributed by atoms with Gasteiger partial charge >= 0.3 is 5.97 Å². The maximum atomic E-state index is 12.3. The Morgan fingerprint density at radius 2 is 1.88 bits per heavy atom. The van der Waals surface area contributed by atoms with Gasteiger partial charge in [0.15, 0.2) is 0 Å². The number of carboxylic acid groups (broad SMARTS) is 1. The average molecular weight is 257 g/mol. The van der Waals surface area contributed by atoms with Gasteiger partial charge in [0.25, 0.3) is 0 Å². The van der Waals surface area contributed by atoms with Gasteiger partial charge in [-0.25, -0.2) is 4.79 Å². The predicted octanol–water partition coefficient (Wildman–Crippen LogP) is 1.80. The number of hydrogen-bond donors (Lipinski definition) is 1. The molecule has 1 N–H and O–H groups in total. The molecule has 1 atom stereocenters. The SMILES string of the molecule is CC1CCC(C(=O)N2CSC[C@H]2C(=O)O)CC1. The van der Waals surface area contributed by atoms with E-state index in [-0.39, 0.29) is 11.8 Å². The Morgan fingerprint density at radius 3 is 2.47 bits per heavy atom. The first-order valence-corrected chi connectivity index (χ1v) is 7.36. The monoisotopic (exact) mass is 257 g/mol. The van der Waals surface area contributed by atoms with Crippen molar-refractivity contribution in [3.63, 3.8) is 0 Å². The van der Waals surface area contributed by atoms with Gasteiger partial charge in [0.05, 0.1) is 5.88 Å². The molecule has 17 heavy (non-hydrogen) atoms. The molecule has 5 heteroatoms. The molecule has 0 aromatic rings. The van der Waals surface area contributed by atoms with E-state index in [0.29, 0.717) is 17.5 Å². The number of hydrogen-bond acceptors (Lipinski definition) is 3. The van der Waals surface area contributed by atoms with Crippen LogP contribution in [0, 0.1) is 11.8 Å². The van der Waals surface area contributed by atoms with Crippen molar-refractivity contribution in [1.82, 2.24) is 4.90 Å². The third kappa shape index (κ3) is 2.76. The highest BCUT2D eigenvalue weighted by Crippen LogP contribution is 2.32. The highest BCUT2D eigenvalue weighted by Gasteiger charge is 2.38. The maximum absolute atomic E-state index is 12.3. The van der Waals surface area contributed by atoms with Crippen molar-refractivity contribution in [2.24, 2.45) is 11.8 Å². The third-order valence-electron chi connectivity index (χ3n) is 3.82. The van der Waals surface area contributed by atoms with Crippen LogP contribution in [0.5, 0.6) is 0 Å². The molecule has 2 fully saturated rings. The van der Waals surface area contributed by atoms with Gasteiger partial charge in [-0.15, -0.1) is 11.8 Å². The molecule has 1 saturated carbocycles. The zero-order valence-electron chi connectivity index (χ0n) is 10.1. The smallest absolute Gasteiger partial charge is 0.327 e. The number of carbonyl (C=O) groups is 2. The standard InChI is InChI=1S/C12H19NO3S/c1-8-2-4-9(5-3-8)11(14)13-7-17-6-10(13)12(15)16/h8-10H,2-7H2,1H3,(H,15,16)/t8?,9?,10-/m0/s1. The summed E-state index contributed by atoms with van der Waals surface area (Å²) in [7, 11) is 0. The Kier molecular flexibility index (Phi) is 3.97. The summed E-state index contributed by atoms with van der Waals surface area (Å²) < 4.78 is 0. The number of nitrogens with zero attached hydrogens (tertiary/aromatic N) is 1. The number of amides is 1. The van der Waals surface area contributed by atoms with Gasteiger partial charge in [-0.05, 0) is 31.6 Å². The lowest BCUT2D eigenvalue weighted by Gasteiger charge is -2.30. The Balaban J connectivity index is 1.97. The largest absolute Gasteiger partial charge is 0.480 e. The van der Waals surface area contributed by atoms with Gasteiger partial charge in [0.2, 0.25) is 5.91 Å². The van der Waals surface area contributed by atoms with Crippen LogP contribution < -0.4 is 0 Å². The molecule has 0 radical (unpaired) electrons. The van der Waals surface area contributed by atoms with Crippen molar-refractivity contribution < 1.29 is 14.7 Å². The van der Waals surface area contributed by atoms with E-state index in [1.165, 1.54) is 11.8 Å². The number of aliphatic carboxylic acids is 1. The normalized spacial score (nSPS) is 33.7. The van der Waals surface area contributed by atoms with Gasteiger partial charge in [-0.1, -0.05) is 6.92 Å². The number of carbonyl (C=O) groups excluding carboxylic acids is 1. The highest BCUT2D eigenvalue weighted by atomic mass is 32.2. The van der Waals surface area contributed by atoms with Gasteiger partial charge in [0.1, 0.15) is 6.04 Å². The summed E-state index contributed by atoms with van der Waals surface area (Å²) in [4.78, 5) is 24.9. The second-order valence-electron chi connectivity index (χ2n) is 5.12. The summed E-state index contributed by atoms with van der Waals surface area (Å²) in [6.45, 7) is 2.21. The molecule has 0 spiro atoms. The van der Waals surface area contributed by atoms with Crippen molar-refractivity contribution in [2.75, 3.05) is 11.6 Å². The second kappa shape index (κ2) is 5.29. The van der Waals surface area contributed by atoms with E-state index in [1.54, 1.807) is 4.90 Å². The van der Waals surface area contributed by atoms with Crippen LogP contribution in [0.1, 0.15) is 32.6 Å². The molecule has 4 nitrogen and oxygen atoms in total. The van der Waals surface area contributed by atoms with Crippen LogP contribution in [0.4, 0.5) is 0 Å². The fourth-order valence-corrected chi connectivity index (χ4v) is 3.76. The zero-order chi connectivity index (χ0) is 12.4. The molecule has 2 rings (SSSR count). The second-order valence-corrected chi connectivity index (χ2v) is 6.12. The number of rotatable bonds is 2. The van der Waals surface area contributed by atoms with E-state index in [2.05, 4.69) is 6.92 Å². The number of thioether (sulfide) groups is 1. The first-order chi connectivity index (χ1) is 8.09. The van der Waals surface area contributed by atoms with E-state index in [4.69, 9.17) is 5.11 Å². The Morgan fingerprint density at radius 1 is 1.24 bits per heavy atom. The topological polar surface area (TPSA) is 57.6 Å². The average Bonchev–Trinajstić information content (AvgIpc) is 2.78. The van der Waals surface area contributed by atoms with Crippen LogP contribution in [-0.4, -0.2) is 39.6 Å². The fourth-order valence-electron chi connectivity index (χ4n) is 2.61. The van der Waals surface area contributed by atoms with Crippen LogP contribution in [0.25, 0.3) is 0 Å². The van der Waals surface area contributed by atoms with Crippen molar-refractivity contribution in [3.05, 3.63) is 0 Å². The zero-order valence-corrected chi connectivity index (χ0v) is 10.9. The molecule has 1 heterocycles. The van der Waals surface area contributed by atoms with Crippen molar-refractivity contribution in [1.29, 1.82) is 0 Å². The maximum Gasteiger partial charge on any atom is 0.327 e. The van der Waals surface area contributed by atoms with Crippen LogP contribution in [0.15, 0.2) is 0 Å². The summed E-state index contributed by atoms with van der Waals surface area (Å²) in [5, 5.41) is 9.07. The first-order valence-electron chi connectivity index (χ1n) is 6.20. The minimum atomic E-state index is -0.868. The lowest BCUT2D eigenvalue weighted by Crippen LogP contribution is -2.45. The quantitative estimate of drug-likeness (QED) is 0.819. The molecule has 1 aliphatic heterocycles. The van der Waals surface area contributed by atoms with Crippen molar-refractivity contribution in [3.8, 4) is 0 Å². The Labute approximate surface area is 106 Å². The summed E-state index contributed by atoms with van der Waals surface area (Å²) in [5.74, 6) is 1.04. The van der Waals surface area contributed by atoms with E-state index < -0.39 is 12.0 Å². The molecule has 1 aliphatic carbocycles. The molecule has 0 unspecified atom stereocenters. The van der Waals surface area contributed by atoms with Crippen molar-refractivity contribution in [2.45, 2.75) is 38.6 Å².